The molecule has 0 N–H and O–H groups in total. The average molecular weight is 263 g/mol. The van der Waals surface area contributed by atoms with Crippen LogP contribution in [0.3, 0.4) is 0 Å². The largest absolute Gasteiger partial charge is 0.295 e. The van der Waals surface area contributed by atoms with E-state index in [1.54, 1.807) is 18.7 Å². The highest BCUT2D eigenvalue weighted by Gasteiger charge is 2.01. The van der Waals surface area contributed by atoms with E-state index in [0.717, 1.165) is 20.4 Å². The smallest absolute Gasteiger partial charge is 0.159 e. The molecule has 0 heterocycles. The first-order valence-electron chi connectivity index (χ1n) is 5.19. The molecule has 2 aromatic rings. The number of benzene rings is 2. The highest BCUT2D eigenvalue weighted by molar-refractivity contribution is 7.99. The van der Waals surface area contributed by atoms with Crippen molar-refractivity contribution in [3.8, 4) is 0 Å². The van der Waals surface area contributed by atoms with E-state index in [2.05, 4.69) is 0 Å². The number of carbonyl (C=O) groups excluding carboxylic acids is 1. The summed E-state index contributed by atoms with van der Waals surface area (Å²) in [6.45, 7) is 1.57. The van der Waals surface area contributed by atoms with Gasteiger partial charge in [0.15, 0.2) is 5.78 Å². The molecule has 2 rings (SSSR count). The quantitative estimate of drug-likeness (QED) is 0.746. The molecule has 0 saturated carbocycles. The van der Waals surface area contributed by atoms with Gasteiger partial charge in [0, 0.05) is 20.4 Å². The molecule has 0 saturated heterocycles. The molecule has 0 unspecified atom stereocenters. The van der Waals surface area contributed by atoms with Crippen molar-refractivity contribution >= 4 is 29.1 Å². The Morgan fingerprint density at radius 2 is 1.76 bits per heavy atom. The fraction of sp³-hybridized carbons (Fsp3) is 0.0714. The van der Waals surface area contributed by atoms with E-state index in [4.69, 9.17) is 11.6 Å². The lowest BCUT2D eigenvalue weighted by atomic mass is 10.2. The average Bonchev–Trinajstić information content (AvgIpc) is 2.29. The molecule has 0 amide bonds. The molecule has 1 nitrogen and oxygen atoms in total. The first-order chi connectivity index (χ1) is 8.15. The summed E-state index contributed by atoms with van der Waals surface area (Å²) in [5.41, 5.74) is 0.737. The van der Waals surface area contributed by atoms with Gasteiger partial charge in [-0.3, -0.25) is 4.79 Å². The van der Waals surface area contributed by atoms with Crippen molar-refractivity contribution in [2.45, 2.75) is 16.7 Å². The van der Waals surface area contributed by atoms with E-state index in [0.29, 0.717) is 0 Å². The summed E-state index contributed by atoms with van der Waals surface area (Å²) in [4.78, 5) is 13.3. The van der Waals surface area contributed by atoms with E-state index in [-0.39, 0.29) is 5.78 Å². The van der Waals surface area contributed by atoms with Crippen LogP contribution in [0.15, 0.2) is 58.3 Å². The molecule has 2 aromatic carbocycles. The van der Waals surface area contributed by atoms with Gasteiger partial charge in [-0.05, 0) is 37.3 Å². The van der Waals surface area contributed by atoms with Crippen LogP contribution in [0.2, 0.25) is 5.02 Å². The van der Waals surface area contributed by atoms with Crippen LogP contribution in [-0.4, -0.2) is 5.78 Å². The topological polar surface area (TPSA) is 17.1 Å². The first-order valence-corrected chi connectivity index (χ1v) is 6.39. The Labute approximate surface area is 110 Å². The summed E-state index contributed by atoms with van der Waals surface area (Å²) in [7, 11) is 0. The maximum absolute atomic E-state index is 11.1. The van der Waals surface area contributed by atoms with Crippen LogP contribution >= 0.6 is 23.4 Å². The lowest BCUT2D eigenvalue weighted by molar-refractivity contribution is 0.101. The van der Waals surface area contributed by atoms with Gasteiger partial charge in [0.05, 0.1) is 0 Å². The Hall–Kier alpha value is -1.25. The van der Waals surface area contributed by atoms with E-state index >= 15 is 0 Å². The van der Waals surface area contributed by atoms with Crippen molar-refractivity contribution in [3.63, 3.8) is 0 Å². The molecule has 0 bridgehead atoms. The van der Waals surface area contributed by atoms with Gasteiger partial charge in [-0.2, -0.15) is 0 Å². The van der Waals surface area contributed by atoms with Crippen molar-refractivity contribution in [2.24, 2.45) is 0 Å². The second kappa shape index (κ2) is 5.39. The van der Waals surface area contributed by atoms with Gasteiger partial charge >= 0.3 is 0 Å². The van der Waals surface area contributed by atoms with Gasteiger partial charge < -0.3 is 0 Å². The fourth-order valence-corrected chi connectivity index (χ4v) is 2.56. The van der Waals surface area contributed by atoms with Gasteiger partial charge in [0.25, 0.3) is 0 Å². The molecule has 86 valence electrons. The highest BCUT2D eigenvalue weighted by atomic mass is 35.5. The molecular formula is C14H11ClOS. The second-order valence-electron chi connectivity index (χ2n) is 3.64. The lowest BCUT2D eigenvalue weighted by Crippen LogP contribution is -1.90. The third-order valence-corrected chi connectivity index (χ3v) is 3.53. The third kappa shape index (κ3) is 3.35. The van der Waals surface area contributed by atoms with Gasteiger partial charge in [-0.15, -0.1) is 0 Å². The third-order valence-electron chi connectivity index (χ3n) is 2.29. The number of rotatable bonds is 3. The Kier molecular flexibility index (Phi) is 3.87. The summed E-state index contributed by atoms with van der Waals surface area (Å²) in [5.74, 6) is 0.0873. The molecule has 0 radical (unpaired) electrons. The van der Waals surface area contributed by atoms with Gasteiger partial charge in [-0.1, -0.05) is 41.6 Å². The van der Waals surface area contributed by atoms with Crippen molar-refractivity contribution in [3.05, 3.63) is 59.1 Å². The zero-order chi connectivity index (χ0) is 12.3. The Bertz CT molecular complexity index is 534. The van der Waals surface area contributed by atoms with E-state index in [1.807, 2.05) is 48.5 Å². The van der Waals surface area contributed by atoms with Crippen LogP contribution in [0.1, 0.15) is 17.3 Å². The zero-order valence-electron chi connectivity index (χ0n) is 9.31. The Morgan fingerprint density at radius 3 is 2.35 bits per heavy atom. The lowest BCUT2D eigenvalue weighted by Gasteiger charge is -2.03. The molecule has 0 aliphatic heterocycles. The molecule has 0 aromatic heterocycles. The minimum absolute atomic E-state index is 0.0873. The predicted molar refractivity (Wildman–Crippen MR) is 72.0 cm³/mol. The van der Waals surface area contributed by atoms with Crippen LogP contribution in [-0.2, 0) is 0 Å². The number of Topliss-reactive ketones (excluding diaryl/α,β-unsaturated/α-hetero) is 1. The number of halogens is 1. The Morgan fingerprint density at radius 1 is 1.06 bits per heavy atom. The molecule has 0 fully saturated rings. The summed E-state index contributed by atoms with van der Waals surface area (Å²) < 4.78 is 0. The number of hydrogen-bond acceptors (Lipinski definition) is 2. The van der Waals surface area contributed by atoms with E-state index in [9.17, 15) is 4.79 Å². The predicted octanol–water partition coefficient (Wildman–Crippen LogP) is 4.69. The minimum Gasteiger partial charge on any atom is -0.295 e. The van der Waals surface area contributed by atoms with Gasteiger partial charge in [0.1, 0.15) is 0 Å². The zero-order valence-corrected chi connectivity index (χ0v) is 10.9. The number of carbonyl (C=O) groups is 1. The van der Waals surface area contributed by atoms with Crippen molar-refractivity contribution in [1.82, 2.24) is 0 Å². The molecule has 0 aliphatic carbocycles. The monoisotopic (exact) mass is 262 g/mol. The Balaban J connectivity index is 2.16. The summed E-state index contributed by atoms with van der Waals surface area (Å²) in [5, 5.41) is 0.732. The van der Waals surface area contributed by atoms with Gasteiger partial charge in [0.2, 0.25) is 0 Å². The summed E-state index contributed by atoms with van der Waals surface area (Å²) in [6, 6.07) is 15.3. The number of hydrogen-bond donors (Lipinski definition) is 0. The summed E-state index contributed by atoms with van der Waals surface area (Å²) in [6.07, 6.45) is 0. The highest BCUT2D eigenvalue weighted by Crippen LogP contribution is 2.29. The molecule has 3 heteroatoms. The SMILES string of the molecule is CC(=O)c1ccc(Sc2cccc(Cl)c2)cc1. The van der Waals surface area contributed by atoms with Crippen LogP contribution < -0.4 is 0 Å². The van der Waals surface area contributed by atoms with Crippen molar-refractivity contribution in [2.75, 3.05) is 0 Å². The normalized spacial score (nSPS) is 10.2. The van der Waals surface area contributed by atoms with Gasteiger partial charge in [-0.25, -0.2) is 0 Å². The molecule has 0 spiro atoms. The van der Waals surface area contributed by atoms with Crippen LogP contribution in [0, 0.1) is 0 Å². The van der Waals surface area contributed by atoms with E-state index in [1.165, 1.54) is 0 Å². The van der Waals surface area contributed by atoms with Crippen molar-refractivity contribution < 1.29 is 4.79 Å². The summed E-state index contributed by atoms with van der Waals surface area (Å²) >= 11 is 7.55. The first kappa shape index (κ1) is 12.2. The molecule has 0 atom stereocenters. The van der Waals surface area contributed by atoms with Crippen LogP contribution in [0.5, 0.6) is 0 Å². The molecule has 0 aliphatic rings. The fourth-order valence-electron chi connectivity index (χ4n) is 1.42. The minimum atomic E-state index is 0.0873. The maximum atomic E-state index is 11.1. The van der Waals surface area contributed by atoms with Crippen molar-refractivity contribution in [1.29, 1.82) is 0 Å². The molecular weight excluding hydrogens is 252 g/mol. The molecule has 17 heavy (non-hydrogen) atoms. The number of ketones is 1. The standard InChI is InChI=1S/C14H11ClOS/c1-10(16)11-5-7-13(8-6-11)17-14-4-2-3-12(15)9-14/h2-9H,1H3. The second-order valence-corrected chi connectivity index (χ2v) is 5.22. The van der Waals surface area contributed by atoms with Crippen LogP contribution in [0.25, 0.3) is 0 Å². The maximum Gasteiger partial charge on any atom is 0.159 e. The van der Waals surface area contributed by atoms with Crippen LogP contribution in [0.4, 0.5) is 0 Å². The van der Waals surface area contributed by atoms with E-state index < -0.39 is 0 Å².